The van der Waals surface area contributed by atoms with E-state index in [0.717, 1.165) is 0 Å². The molecule has 0 rings (SSSR count). The van der Waals surface area contributed by atoms with Crippen LogP contribution in [0.1, 0.15) is 20.3 Å². The van der Waals surface area contributed by atoms with Crippen LogP contribution in [0.3, 0.4) is 0 Å². The van der Waals surface area contributed by atoms with Crippen LogP contribution < -0.4 is 5.73 Å². The molecule has 0 aliphatic carbocycles. The molecule has 0 saturated carbocycles. The van der Waals surface area contributed by atoms with Crippen molar-refractivity contribution in [2.75, 3.05) is 13.7 Å². The van der Waals surface area contributed by atoms with E-state index in [-0.39, 0.29) is 18.7 Å². The molecule has 0 aliphatic rings. The first kappa shape index (κ1) is 11.6. The van der Waals surface area contributed by atoms with Gasteiger partial charge in [-0.25, -0.2) is 0 Å². The minimum Gasteiger partial charge on any atom is -0.385 e. The van der Waals surface area contributed by atoms with Crippen LogP contribution in [-0.4, -0.2) is 36.2 Å². The molecule has 0 radical (unpaired) electrons. The zero-order valence-electron chi connectivity index (χ0n) is 7.83. The van der Waals surface area contributed by atoms with E-state index >= 15 is 0 Å². The van der Waals surface area contributed by atoms with Gasteiger partial charge in [-0.3, -0.25) is 4.79 Å². The number of carbonyl (C=O) groups is 1. The van der Waals surface area contributed by atoms with Gasteiger partial charge in [0.05, 0.1) is 12.1 Å². The average Bonchev–Trinajstić information content (AvgIpc) is 2.02. The maximum absolute atomic E-state index is 10.9. The molecule has 1 unspecified atom stereocenters. The van der Waals surface area contributed by atoms with Gasteiger partial charge in [-0.2, -0.15) is 0 Å². The summed E-state index contributed by atoms with van der Waals surface area (Å²) in [5.74, 6) is -0.347. The molecule has 0 aromatic rings. The molecule has 3 N–H and O–H groups in total. The number of Topliss-reactive ketones (excluding diaryl/α,β-unsaturated/α-hetero) is 1. The highest BCUT2D eigenvalue weighted by atomic mass is 16.5. The summed E-state index contributed by atoms with van der Waals surface area (Å²) < 4.78 is 5.05. The number of aliphatic hydroxyl groups excluding tert-OH is 1. The molecule has 0 aromatic heterocycles. The lowest BCUT2D eigenvalue weighted by Gasteiger charge is -2.24. The second kappa shape index (κ2) is 4.54. The fourth-order valence-corrected chi connectivity index (χ4v) is 0.799. The van der Waals surface area contributed by atoms with E-state index in [9.17, 15) is 9.90 Å². The van der Waals surface area contributed by atoms with E-state index in [1.165, 1.54) is 0 Å². The summed E-state index contributed by atoms with van der Waals surface area (Å²) >= 11 is 0. The van der Waals surface area contributed by atoms with E-state index in [1.807, 2.05) is 0 Å². The van der Waals surface area contributed by atoms with Gasteiger partial charge >= 0.3 is 0 Å². The van der Waals surface area contributed by atoms with Crippen molar-refractivity contribution in [3.8, 4) is 0 Å². The molecule has 12 heavy (non-hydrogen) atoms. The van der Waals surface area contributed by atoms with Crippen molar-refractivity contribution in [1.82, 2.24) is 0 Å². The van der Waals surface area contributed by atoms with E-state index in [4.69, 9.17) is 10.5 Å². The Hall–Kier alpha value is -0.450. The van der Waals surface area contributed by atoms with Crippen molar-refractivity contribution in [1.29, 1.82) is 0 Å². The summed E-state index contributed by atoms with van der Waals surface area (Å²) in [7, 11) is 1.54. The molecule has 72 valence electrons. The average molecular weight is 175 g/mol. The minimum atomic E-state index is -1.01. The zero-order chi connectivity index (χ0) is 9.78. The SMILES string of the molecule is COC(C)(C)CC(O)C(=O)CN. The molecular weight excluding hydrogens is 158 g/mol. The summed E-state index contributed by atoms with van der Waals surface area (Å²) in [5.41, 5.74) is 4.60. The molecule has 0 saturated heterocycles. The third-order valence-electron chi connectivity index (χ3n) is 1.81. The predicted octanol–water partition coefficient (Wildman–Crippen LogP) is -0.310. The van der Waals surface area contributed by atoms with Crippen molar-refractivity contribution in [2.24, 2.45) is 5.73 Å². The van der Waals surface area contributed by atoms with Crippen molar-refractivity contribution in [3.63, 3.8) is 0 Å². The van der Waals surface area contributed by atoms with E-state index in [1.54, 1.807) is 21.0 Å². The lowest BCUT2D eigenvalue weighted by molar-refractivity contribution is -0.129. The molecular formula is C8H17NO3. The molecule has 0 aromatic carbocycles. The number of hydrogen-bond acceptors (Lipinski definition) is 4. The number of aliphatic hydroxyl groups is 1. The fraction of sp³-hybridized carbons (Fsp3) is 0.875. The van der Waals surface area contributed by atoms with Gasteiger partial charge in [-0.15, -0.1) is 0 Å². The first-order valence-electron chi connectivity index (χ1n) is 3.89. The highest BCUT2D eigenvalue weighted by Gasteiger charge is 2.24. The molecule has 0 fully saturated rings. The Labute approximate surface area is 72.7 Å². The first-order chi connectivity index (χ1) is 5.43. The topological polar surface area (TPSA) is 72.5 Å². The van der Waals surface area contributed by atoms with Crippen LogP contribution in [-0.2, 0) is 9.53 Å². The number of nitrogens with two attached hydrogens (primary N) is 1. The molecule has 4 heteroatoms. The number of rotatable bonds is 5. The summed E-state index contributed by atoms with van der Waals surface area (Å²) in [5, 5.41) is 9.27. The Balaban J connectivity index is 3.99. The molecule has 0 heterocycles. The quantitative estimate of drug-likeness (QED) is 0.601. The van der Waals surface area contributed by atoms with Crippen molar-refractivity contribution < 1.29 is 14.6 Å². The first-order valence-corrected chi connectivity index (χ1v) is 3.89. The summed E-state index contributed by atoms with van der Waals surface area (Å²) in [6.45, 7) is 3.49. The summed E-state index contributed by atoms with van der Waals surface area (Å²) in [6, 6.07) is 0. The Bertz CT molecular complexity index is 156. The van der Waals surface area contributed by atoms with Crippen LogP contribution in [0.4, 0.5) is 0 Å². The van der Waals surface area contributed by atoms with Crippen LogP contribution in [0.25, 0.3) is 0 Å². The third-order valence-corrected chi connectivity index (χ3v) is 1.81. The second-order valence-corrected chi connectivity index (χ2v) is 3.35. The lowest BCUT2D eigenvalue weighted by Crippen LogP contribution is -2.36. The lowest BCUT2D eigenvalue weighted by atomic mass is 9.98. The smallest absolute Gasteiger partial charge is 0.174 e. The Morgan fingerprint density at radius 1 is 1.67 bits per heavy atom. The van der Waals surface area contributed by atoms with E-state index in [2.05, 4.69) is 0 Å². The maximum Gasteiger partial charge on any atom is 0.174 e. The van der Waals surface area contributed by atoms with Gasteiger partial charge in [0.2, 0.25) is 0 Å². The summed E-state index contributed by atoms with van der Waals surface area (Å²) in [4.78, 5) is 10.9. The highest BCUT2D eigenvalue weighted by molar-refractivity contribution is 5.84. The van der Waals surface area contributed by atoms with Crippen molar-refractivity contribution >= 4 is 5.78 Å². The standard InChI is InChI=1S/C8H17NO3/c1-8(2,12-3)4-6(10)7(11)5-9/h6,10H,4-5,9H2,1-3H3. The van der Waals surface area contributed by atoms with Gasteiger partial charge in [0.1, 0.15) is 6.10 Å². The number of ketones is 1. The number of hydrogen-bond donors (Lipinski definition) is 2. The van der Waals surface area contributed by atoms with Gasteiger partial charge in [0.15, 0.2) is 5.78 Å². The fourth-order valence-electron chi connectivity index (χ4n) is 0.799. The minimum absolute atomic E-state index is 0.124. The monoisotopic (exact) mass is 175 g/mol. The van der Waals surface area contributed by atoms with Crippen LogP contribution in [0.15, 0.2) is 0 Å². The third kappa shape index (κ3) is 3.80. The molecule has 0 spiro atoms. The predicted molar refractivity (Wildman–Crippen MR) is 45.8 cm³/mol. The second-order valence-electron chi connectivity index (χ2n) is 3.35. The van der Waals surface area contributed by atoms with Gasteiger partial charge in [0.25, 0.3) is 0 Å². The number of methoxy groups -OCH3 is 1. The number of ether oxygens (including phenoxy) is 1. The van der Waals surface area contributed by atoms with Crippen LogP contribution >= 0.6 is 0 Å². The van der Waals surface area contributed by atoms with E-state index < -0.39 is 11.7 Å². The maximum atomic E-state index is 10.9. The molecule has 1 atom stereocenters. The van der Waals surface area contributed by atoms with Crippen molar-refractivity contribution in [2.45, 2.75) is 32.0 Å². The molecule has 0 amide bonds. The van der Waals surface area contributed by atoms with E-state index in [0.29, 0.717) is 0 Å². The summed E-state index contributed by atoms with van der Waals surface area (Å²) in [6.07, 6.45) is -0.732. The normalized spacial score (nSPS) is 14.4. The zero-order valence-corrected chi connectivity index (χ0v) is 7.83. The Morgan fingerprint density at radius 3 is 2.50 bits per heavy atom. The van der Waals surface area contributed by atoms with Gasteiger partial charge in [0, 0.05) is 13.5 Å². The van der Waals surface area contributed by atoms with Gasteiger partial charge in [-0.1, -0.05) is 0 Å². The molecule has 4 nitrogen and oxygen atoms in total. The Morgan fingerprint density at radius 2 is 2.17 bits per heavy atom. The molecule has 0 bridgehead atoms. The van der Waals surface area contributed by atoms with Crippen LogP contribution in [0.2, 0.25) is 0 Å². The van der Waals surface area contributed by atoms with Crippen molar-refractivity contribution in [3.05, 3.63) is 0 Å². The van der Waals surface area contributed by atoms with Crippen LogP contribution in [0, 0.1) is 0 Å². The number of carbonyl (C=O) groups excluding carboxylic acids is 1. The van der Waals surface area contributed by atoms with Gasteiger partial charge in [-0.05, 0) is 13.8 Å². The van der Waals surface area contributed by atoms with Crippen LogP contribution in [0.5, 0.6) is 0 Å². The molecule has 0 aliphatic heterocycles. The van der Waals surface area contributed by atoms with Gasteiger partial charge < -0.3 is 15.6 Å². The highest BCUT2D eigenvalue weighted by Crippen LogP contribution is 2.15. The largest absolute Gasteiger partial charge is 0.385 e. The Kier molecular flexibility index (Phi) is 4.37.